The van der Waals surface area contributed by atoms with Gasteiger partial charge in [-0.3, -0.25) is 9.78 Å². The molecule has 0 radical (unpaired) electrons. The first-order chi connectivity index (χ1) is 13.0. The molecule has 0 aliphatic carbocycles. The van der Waals surface area contributed by atoms with Gasteiger partial charge in [-0.25, -0.2) is 13.4 Å². The first-order valence-corrected chi connectivity index (χ1v) is 10.4. The highest BCUT2D eigenvalue weighted by molar-refractivity contribution is 7.90. The summed E-state index contributed by atoms with van der Waals surface area (Å²) < 4.78 is 34.2. The third kappa shape index (κ3) is 4.61. The van der Waals surface area contributed by atoms with E-state index >= 15 is 0 Å². The number of rotatable bonds is 5. The van der Waals surface area contributed by atoms with Gasteiger partial charge in [0, 0.05) is 11.8 Å². The Hall–Kier alpha value is -2.62. The monoisotopic (exact) mass is 403 g/mol. The van der Waals surface area contributed by atoms with Gasteiger partial charge in [0.1, 0.15) is 6.10 Å². The van der Waals surface area contributed by atoms with Crippen LogP contribution in [0.2, 0.25) is 0 Å². The van der Waals surface area contributed by atoms with Crippen molar-refractivity contribution in [1.29, 1.82) is 0 Å². The molecule has 28 heavy (non-hydrogen) atoms. The van der Waals surface area contributed by atoms with Crippen molar-refractivity contribution in [3.05, 3.63) is 54.5 Å². The van der Waals surface area contributed by atoms with Crippen LogP contribution in [0.3, 0.4) is 0 Å². The summed E-state index contributed by atoms with van der Waals surface area (Å²) in [6.45, 7) is 7.79. The van der Waals surface area contributed by atoms with E-state index < -0.39 is 21.5 Å². The van der Waals surface area contributed by atoms with Crippen molar-refractivity contribution in [3.8, 4) is 0 Å². The number of hydrogen-bond donors (Lipinski definition) is 1. The molecule has 1 aliphatic rings. The second kappa shape index (κ2) is 7.42. The van der Waals surface area contributed by atoms with Crippen LogP contribution >= 0.6 is 0 Å². The standard InChI is InChI=1S/C19H21N3O5S/c1-12(13-5-7-14(8-6-13)28(4,24)25)18(23)22-17-10-20-15(9-21-17)16-11-26-19(2,3)27-16/h5-10,16H,1,11H2,2-4H3,(H,21,22,23)/t16-/m1/s1. The lowest BCUT2D eigenvalue weighted by molar-refractivity contribution is -0.139. The summed E-state index contributed by atoms with van der Waals surface area (Å²) in [7, 11) is -3.30. The number of carbonyl (C=O) groups excluding carboxylic acids is 1. The molecule has 1 atom stereocenters. The molecule has 1 aliphatic heterocycles. The number of anilines is 1. The number of aromatic nitrogens is 2. The van der Waals surface area contributed by atoms with Crippen molar-refractivity contribution >= 4 is 27.1 Å². The van der Waals surface area contributed by atoms with E-state index in [1.807, 2.05) is 13.8 Å². The predicted molar refractivity (Wildman–Crippen MR) is 103 cm³/mol. The van der Waals surface area contributed by atoms with E-state index in [1.165, 1.54) is 36.7 Å². The molecule has 148 valence electrons. The molecule has 0 unspecified atom stereocenters. The van der Waals surface area contributed by atoms with Crippen LogP contribution in [0.25, 0.3) is 5.57 Å². The van der Waals surface area contributed by atoms with Crippen molar-refractivity contribution in [2.45, 2.75) is 30.6 Å². The number of ether oxygens (including phenoxy) is 2. The third-order valence-electron chi connectivity index (χ3n) is 4.16. The molecule has 1 N–H and O–H groups in total. The van der Waals surface area contributed by atoms with Gasteiger partial charge < -0.3 is 14.8 Å². The molecule has 0 spiro atoms. The summed E-state index contributed by atoms with van der Waals surface area (Å²) in [5.74, 6) is -0.861. The average molecular weight is 403 g/mol. The van der Waals surface area contributed by atoms with Gasteiger partial charge in [0.25, 0.3) is 5.91 Å². The van der Waals surface area contributed by atoms with Crippen molar-refractivity contribution in [3.63, 3.8) is 0 Å². The Morgan fingerprint density at radius 3 is 2.39 bits per heavy atom. The van der Waals surface area contributed by atoms with Gasteiger partial charge in [0.2, 0.25) is 0 Å². The first kappa shape index (κ1) is 20.1. The molecule has 0 bridgehead atoms. The molecule has 3 rings (SSSR count). The second-order valence-electron chi connectivity index (χ2n) is 6.87. The molecule has 1 amide bonds. The van der Waals surface area contributed by atoms with E-state index in [0.29, 0.717) is 17.9 Å². The zero-order chi connectivity index (χ0) is 20.5. The summed E-state index contributed by atoms with van der Waals surface area (Å²) in [6, 6.07) is 5.93. The fourth-order valence-corrected chi connectivity index (χ4v) is 3.26. The number of carbonyl (C=O) groups is 1. The summed E-state index contributed by atoms with van der Waals surface area (Å²) in [5, 5.41) is 2.62. The van der Waals surface area contributed by atoms with E-state index in [0.717, 1.165) is 6.26 Å². The summed E-state index contributed by atoms with van der Waals surface area (Å²) >= 11 is 0. The Kier molecular flexibility index (Phi) is 5.33. The largest absolute Gasteiger partial charge is 0.347 e. The smallest absolute Gasteiger partial charge is 0.256 e. The van der Waals surface area contributed by atoms with Crippen LogP contribution in [0.15, 0.2) is 48.1 Å². The van der Waals surface area contributed by atoms with Crippen LogP contribution in [0.4, 0.5) is 5.82 Å². The van der Waals surface area contributed by atoms with Gasteiger partial charge in [0.05, 0.1) is 29.6 Å². The third-order valence-corrected chi connectivity index (χ3v) is 5.29. The molecule has 1 aromatic heterocycles. The van der Waals surface area contributed by atoms with Crippen LogP contribution in [0, 0.1) is 0 Å². The highest BCUT2D eigenvalue weighted by Crippen LogP contribution is 2.31. The summed E-state index contributed by atoms with van der Waals surface area (Å²) in [4.78, 5) is 21.0. The van der Waals surface area contributed by atoms with Gasteiger partial charge in [0.15, 0.2) is 21.4 Å². The van der Waals surface area contributed by atoms with E-state index in [9.17, 15) is 13.2 Å². The topological polar surface area (TPSA) is 107 Å². The molecular formula is C19H21N3O5S. The Morgan fingerprint density at radius 2 is 1.89 bits per heavy atom. The molecule has 1 aromatic carbocycles. The number of sulfone groups is 1. The van der Waals surface area contributed by atoms with Crippen molar-refractivity contribution in [2.75, 3.05) is 18.2 Å². The van der Waals surface area contributed by atoms with Crippen LogP contribution in [0.5, 0.6) is 0 Å². The maximum atomic E-state index is 12.4. The van der Waals surface area contributed by atoms with Crippen molar-refractivity contribution in [1.82, 2.24) is 9.97 Å². The molecule has 0 saturated carbocycles. The number of nitrogens with zero attached hydrogens (tertiary/aromatic N) is 2. The minimum absolute atomic E-state index is 0.173. The highest BCUT2D eigenvalue weighted by atomic mass is 32.2. The number of nitrogens with one attached hydrogen (secondary N) is 1. The zero-order valence-corrected chi connectivity index (χ0v) is 16.6. The van der Waals surface area contributed by atoms with E-state index in [-0.39, 0.29) is 22.4 Å². The Morgan fingerprint density at radius 1 is 1.21 bits per heavy atom. The molecule has 2 heterocycles. The number of benzene rings is 1. The maximum Gasteiger partial charge on any atom is 0.256 e. The lowest BCUT2D eigenvalue weighted by Crippen LogP contribution is -2.20. The second-order valence-corrected chi connectivity index (χ2v) is 8.89. The van der Waals surface area contributed by atoms with Crippen molar-refractivity contribution < 1.29 is 22.7 Å². The van der Waals surface area contributed by atoms with Gasteiger partial charge in [-0.2, -0.15) is 0 Å². The molecule has 1 fully saturated rings. The molecule has 2 aromatic rings. The fourth-order valence-electron chi connectivity index (χ4n) is 2.63. The van der Waals surface area contributed by atoms with Crippen molar-refractivity contribution in [2.24, 2.45) is 0 Å². The Bertz CT molecular complexity index is 999. The maximum absolute atomic E-state index is 12.4. The first-order valence-electron chi connectivity index (χ1n) is 8.50. The quantitative estimate of drug-likeness (QED) is 0.764. The number of hydrogen-bond acceptors (Lipinski definition) is 7. The average Bonchev–Trinajstić information content (AvgIpc) is 3.01. The predicted octanol–water partition coefficient (Wildman–Crippen LogP) is 2.36. The zero-order valence-electron chi connectivity index (χ0n) is 15.8. The van der Waals surface area contributed by atoms with Gasteiger partial charge in [-0.05, 0) is 31.5 Å². The lowest BCUT2D eigenvalue weighted by atomic mass is 10.1. The minimum Gasteiger partial charge on any atom is -0.347 e. The van der Waals surface area contributed by atoms with E-state index in [1.54, 1.807) is 0 Å². The molecule has 8 nitrogen and oxygen atoms in total. The van der Waals surface area contributed by atoms with E-state index in [2.05, 4.69) is 21.9 Å². The highest BCUT2D eigenvalue weighted by Gasteiger charge is 2.34. The van der Waals surface area contributed by atoms with Gasteiger partial charge >= 0.3 is 0 Å². The molecular weight excluding hydrogens is 382 g/mol. The summed E-state index contributed by atoms with van der Waals surface area (Å²) in [6.07, 6.45) is 3.77. The molecule has 1 saturated heterocycles. The summed E-state index contributed by atoms with van der Waals surface area (Å²) in [5.41, 5.74) is 1.30. The van der Waals surface area contributed by atoms with Gasteiger partial charge in [-0.15, -0.1) is 0 Å². The lowest BCUT2D eigenvalue weighted by Gasteiger charge is -2.16. The molecule has 9 heteroatoms. The Balaban J connectivity index is 1.65. The Labute approximate surface area is 163 Å². The van der Waals surface area contributed by atoms with Gasteiger partial charge in [-0.1, -0.05) is 18.7 Å². The SMILES string of the molecule is C=C(C(=O)Nc1cnc([C@H]2COC(C)(C)O2)cn1)c1ccc(S(C)(=O)=O)cc1. The van der Waals surface area contributed by atoms with Crippen LogP contribution in [0.1, 0.15) is 31.2 Å². The van der Waals surface area contributed by atoms with Crippen LogP contribution in [-0.2, 0) is 24.1 Å². The van der Waals surface area contributed by atoms with Crippen LogP contribution in [-0.4, -0.2) is 42.9 Å². The number of amides is 1. The minimum atomic E-state index is -3.30. The van der Waals surface area contributed by atoms with E-state index in [4.69, 9.17) is 9.47 Å². The normalized spacial score (nSPS) is 18.6. The fraction of sp³-hybridized carbons (Fsp3) is 0.316. The van der Waals surface area contributed by atoms with Crippen LogP contribution < -0.4 is 5.32 Å².